The number of carbonyl (C=O) groups is 1. The lowest BCUT2D eigenvalue weighted by Gasteiger charge is -2.31. The Hall–Kier alpha value is -1.06. The van der Waals surface area contributed by atoms with Gasteiger partial charge in [-0.15, -0.1) is 0 Å². The second-order valence-electron chi connectivity index (χ2n) is 4.77. The van der Waals surface area contributed by atoms with Crippen LogP contribution in [-0.2, 0) is 4.79 Å². The molecule has 0 aliphatic carbocycles. The first-order valence-corrected chi connectivity index (χ1v) is 6.85. The van der Waals surface area contributed by atoms with E-state index in [1.54, 1.807) is 12.1 Å². The van der Waals surface area contributed by atoms with E-state index in [4.69, 9.17) is 11.6 Å². The third-order valence-corrected chi connectivity index (χ3v) is 3.65. The first-order valence-electron chi connectivity index (χ1n) is 6.47. The van der Waals surface area contributed by atoms with E-state index in [1.807, 2.05) is 19.1 Å². The third-order valence-electron chi connectivity index (χ3n) is 3.41. The van der Waals surface area contributed by atoms with Crippen molar-refractivity contribution in [3.63, 3.8) is 0 Å². The molecule has 1 amide bonds. The van der Waals surface area contributed by atoms with Crippen LogP contribution in [0.25, 0.3) is 0 Å². The van der Waals surface area contributed by atoms with Crippen LogP contribution in [0.3, 0.4) is 0 Å². The number of amides is 1. The lowest BCUT2D eigenvalue weighted by atomic mass is 10.1. The summed E-state index contributed by atoms with van der Waals surface area (Å²) in [6, 6.07) is 7.17. The second-order valence-corrected chi connectivity index (χ2v) is 5.21. The normalized spacial score (nSPS) is 18.3. The van der Waals surface area contributed by atoms with Gasteiger partial charge in [-0.2, -0.15) is 0 Å². The summed E-state index contributed by atoms with van der Waals surface area (Å²) in [6.07, 6.45) is 3.66. The topological polar surface area (TPSA) is 32.3 Å². The highest BCUT2D eigenvalue weighted by Gasteiger charge is 2.22. The summed E-state index contributed by atoms with van der Waals surface area (Å²) in [5.74, 6) is 0.0409. The van der Waals surface area contributed by atoms with Gasteiger partial charge in [-0.1, -0.05) is 24.1 Å². The molecule has 98 valence electrons. The molecule has 0 radical (unpaired) electrons. The second kappa shape index (κ2) is 6.21. The maximum absolute atomic E-state index is 12.1. The van der Waals surface area contributed by atoms with Crippen molar-refractivity contribution in [1.29, 1.82) is 0 Å². The molecule has 2 rings (SSSR count). The van der Waals surface area contributed by atoms with Crippen molar-refractivity contribution in [3.05, 3.63) is 29.3 Å². The number of piperidine rings is 1. The summed E-state index contributed by atoms with van der Waals surface area (Å²) in [5.41, 5.74) is 0.761. The number of hydrogen-bond acceptors (Lipinski definition) is 2. The fraction of sp³-hybridized carbons (Fsp3) is 0.500. The molecule has 3 nitrogen and oxygen atoms in total. The van der Waals surface area contributed by atoms with Crippen molar-refractivity contribution in [2.45, 2.75) is 32.2 Å². The van der Waals surface area contributed by atoms with E-state index in [1.165, 1.54) is 19.3 Å². The van der Waals surface area contributed by atoms with Crippen LogP contribution in [0.5, 0.6) is 0 Å². The number of anilines is 1. The number of rotatable bonds is 3. The maximum Gasteiger partial charge on any atom is 0.241 e. The Morgan fingerprint density at radius 3 is 2.72 bits per heavy atom. The minimum absolute atomic E-state index is 0.0409. The Morgan fingerprint density at radius 2 is 2.06 bits per heavy atom. The van der Waals surface area contributed by atoms with E-state index in [9.17, 15) is 4.79 Å². The van der Waals surface area contributed by atoms with Gasteiger partial charge in [-0.25, -0.2) is 0 Å². The quantitative estimate of drug-likeness (QED) is 0.912. The molecule has 0 aromatic heterocycles. The predicted octanol–water partition coefficient (Wildman–Crippen LogP) is 3.15. The van der Waals surface area contributed by atoms with E-state index in [0.29, 0.717) is 5.02 Å². The molecule has 0 unspecified atom stereocenters. The first-order chi connectivity index (χ1) is 8.66. The number of nitrogens with one attached hydrogen (secondary N) is 1. The van der Waals surface area contributed by atoms with Crippen molar-refractivity contribution in [2.24, 2.45) is 0 Å². The lowest BCUT2D eigenvalue weighted by Crippen LogP contribution is -2.44. The van der Waals surface area contributed by atoms with Crippen molar-refractivity contribution < 1.29 is 4.79 Å². The molecule has 1 heterocycles. The van der Waals surface area contributed by atoms with Crippen LogP contribution in [0.2, 0.25) is 5.02 Å². The minimum Gasteiger partial charge on any atom is -0.325 e. The molecule has 1 saturated heterocycles. The van der Waals surface area contributed by atoms with E-state index in [-0.39, 0.29) is 11.9 Å². The number of halogens is 1. The van der Waals surface area contributed by atoms with Crippen molar-refractivity contribution in [2.75, 3.05) is 18.4 Å². The summed E-state index contributed by atoms with van der Waals surface area (Å²) in [4.78, 5) is 14.4. The highest BCUT2D eigenvalue weighted by Crippen LogP contribution is 2.17. The Labute approximate surface area is 113 Å². The van der Waals surface area contributed by atoms with Crippen LogP contribution in [-0.4, -0.2) is 29.9 Å². The fourth-order valence-corrected chi connectivity index (χ4v) is 2.47. The SMILES string of the molecule is C[C@H](C(=O)Nc1cccc(Cl)c1)N1CCCCC1. The van der Waals surface area contributed by atoms with Gasteiger partial charge < -0.3 is 5.32 Å². The average molecular weight is 267 g/mol. The molecule has 1 aliphatic rings. The Kier molecular flexibility index (Phi) is 4.61. The monoisotopic (exact) mass is 266 g/mol. The van der Waals surface area contributed by atoms with E-state index < -0.39 is 0 Å². The number of likely N-dealkylation sites (tertiary alicyclic amines) is 1. The van der Waals surface area contributed by atoms with E-state index >= 15 is 0 Å². The summed E-state index contributed by atoms with van der Waals surface area (Å²) in [5, 5.41) is 3.55. The highest BCUT2D eigenvalue weighted by atomic mass is 35.5. The van der Waals surface area contributed by atoms with Crippen LogP contribution in [0.4, 0.5) is 5.69 Å². The standard InChI is InChI=1S/C14H19ClN2O/c1-11(17-8-3-2-4-9-17)14(18)16-13-7-5-6-12(15)10-13/h5-7,10-11H,2-4,8-9H2,1H3,(H,16,18)/t11-/m1/s1. The third kappa shape index (κ3) is 3.47. The Bertz CT molecular complexity index is 416. The molecule has 1 fully saturated rings. The summed E-state index contributed by atoms with van der Waals surface area (Å²) in [7, 11) is 0. The summed E-state index contributed by atoms with van der Waals surface area (Å²) >= 11 is 5.89. The molecule has 1 aromatic rings. The van der Waals surface area contributed by atoms with Gasteiger partial charge in [0.25, 0.3) is 0 Å². The predicted molar refractivity (Wildman–Crippen MR) is 75.0 cm³/mol. The van der Waals surface area contributed by atoms with Gasteiger partial charge in [-0.3, -0.25) is 9.69 Å². The number of carbonyl (C=O) groups excluding carboxylic acids is 1. The van der Waals surface area contributed by atoms with E-state index in [2.05, 4.69) is 10.2 Å². The zero-order valence-electron chi connectivity index (χ0n) is 10.7. The maximum atomic E-state index is 12.1. The van der Waals surface area contributed by atoms with Crippen molar-refractivity contribution in [3.8, 4) is 0 Å². The molecular formula is C14H19ClN2O. The molecule has 0 bridgehead atoms. The van der Waals surface area contributed by atoms with Crippen LogP contribution < -0.4 is 5.32 Å². The number of benzene rings is 1. The Morgan fingerprint density at radius 1 is 1.33 bits per heavy atom. The zero-order valence-corrected chi connectivity index (χ0v) is 11.4. The lowest BCUT2D eigenvalue weighted by molar-refractivity contribution is -0.121. The van der Waals surface area contributed by atoms with Gasteiger partial charge >= 0.3 is 0 Å². The molecule has 4 heteroatoms. The van der Waals surface area contributed by atoms with Crippen LogP contribution in [0.15, 0.2) is 24.3 Å². The highest BCUT2D eigenvalue weighted by molar-refractivity contribution is 6.30. The van der Waals surface area contributed by atoms with Gasteiger partial charge in [0.05, 0.1) is 6.04 Å². The first kappa shape index (κ1) is 13.4. The molecule has 1 N–H and O–H groups in total. The number of hydrogen-bond donors (Lipinski definition) is 1. The van der Waals surface area contributed by atoms with E-state index in [0.717, 1.165) is 18.8 Å². The molecule has 1 atom stereocenters. The van der Waals surface area contributed by atoms with Gasteiger partial charge in [-0.05, 0) is 51.1 Å². The molecule has 1 aromatic carbocycles. The van der Waals surface area contributed by atoms with Crippen LogP contribution in [0.1, 0.15) is 26.2 Å². The molecule has 18 heavy (non-hydrogen) atoms. The average Bonchev–Trinajstić information content (AvgIpc) is 2.39. The Balaban J connectivity index is 1.94. The van der Waals surface area contributed by atoms with Crippen LogP contribution >= 0.6 is 11.6 Å². The van der Waals surface area contributed by atoms with Crippen molar-refractivity contribution >= 4 is 23.2 Å². The molecular weight excluding hydrogens is 248 g/mol. The zero-order chi connectivity index (χ0) is 13.0. The molecule has 1 aliphatic heterocycles. The fourth-order valence-electron chi connectivity index (χ4n) is 2.28. The van der Waals surface area contributed by atoms with Gasteiger partial charge in [0, 0.05) is 10.7 Å². The smallest absolute Gasteiger partial charge is 0.241 e. The molecule has 0 saturated carbocycles. The van der Waals surface area contributed by atoms with Crippen molar-refractivity contribution in [1.82, 2.24) is 4.90 Å². The molecule has 0 spiro atoms. The van der Waals surface area contributed by atoms with Crippen LogP contribution in [0, 0.1) is 0 Å². The summed E-state index contributed by atoms with van der Waals surface area (Å²) < 4.78 is 0. The number of nitrogens with zero attached hydrogens (tertiary/aromatic N) is 1. The largest absolute Gasteiger partial charge is 0.325 e. The minimum atomic E-state index is -0.0794. The van der Waals surface area contributed by atoms with Gasteiger partial charge in [0.2, 0.25) is 5.91 Å². The summed E-state index contributed by atoms with van der Waals surface area (Å²) in [6.45, 7) is 4.00. The van der Waals surface area contributed by atoms with Gasteiger partial charge in [0.1, 0.15) is 0 Å². The van der Waals surface area contributed by atoms with Gasteiger partial charge in [0.15, 0.2) is 0 Å².